The van der Waals surface area contributed by atoms with Crippen molar-refractivity contribution >= 4 is 17.7 Å². The van der Waals surface area contributed by atoms with Crippen molar-refractivity contribution in [3.8, 4) is 0 Å². The van der Waals surface area contributed by atoms with Crippen molar-refractivity contribution in [2.75, 3.05) is 12.0 Å². The van der Waals surface area contributed by atoms with Crippen molar-refractivity contribution in [3.63, 3.8) is 0 Å². The van der Waals surface area contributed by atoms with Crippen molar-refractivity contribution in [2.24, 2.45) is 5.73 Å². The van der Waals surface area contributed by atoms with Gasteiger partial charge in [-0.05, 0) is 36.5 Å². The van der Waals surface area contributed by atoms with Crippen LogP contribution in [0.25, 0.3) is 0 Å². The van der Waals surface area contributed by atoms with Crippen LogP contribution in [0, 0.1) is 0 Å². The number of rotatable bonds is 7. The number of aromatic nitrogens is 1. The van der Waals surface area contributed by atoms with Crippen LogP contribution in [0.3, 0.4) is 0 Å². The van der Waals surface area contributed by atoms with Gasteiger partial charge in [0, 0.05) is 6.20 Å². The third kappa shape index (κ3) is 4.66. The van der Waals surface area contributed by atoms with Gasteiger partial charge in [0.05, 0.1) is 18.3 Å². The molecule has 0 fully saturated rings. The molecule has 0 aliphatic heterocycles. The molecule has 0 unspecified atom stereocenters. The van der Waals surface area contributed by atoms with E-state index in [9.17, 15) is 4.79 Å². The second-order valence-electron chi connectivity index (χ2n) is 4.07. The number of amides is 1. The van der Waals surface area contributed by atoms with Gasteiger partial charge in [0.25, 0.3) is 0 Å². The molecule has 1 aromatic heterocycles. The van der Waals surface area contributed by atoms with Gasteiger partial charge in [0.1, 0.15) is 0 Å². The number of hydrogen-bond donors (Lipinski definition) is 2. The topological polar surface area (TPSA) is 68.0 Å². The average molecular weight is 267 g/mol. The first-order chi connectivity index (χ1) is 8.69. The minimum absolute atomic E-state index is 0.100. The number of thioether (sulfide) groups is 1. The standard InChI is InChI=1S/C13H21N3OS/c1-3-10-5-4-7-15-12(10)9-16-13(17)11(14)6-8-18-2/h4-5,7,11H,3,6,8-9,14H2,1-2H3,(H,16,17)/t11-/m1/s1. The number of aryl methyl sites for hydroxylation is 1. The minimum Gasteiger partial charge on any atom is -0.349 e. The maximum atomic E-state index is 11.7. The molecule has 0 bridgehead atoms. The van der Waals surface area contributed by atoms with Crippen LogP contribution < -0.4 is 11.1 Å². The van der Waals surface area contributed by atoms with Crippen molar-refractivity contribution in [2.45, 2.75) is 32.4 Å². The zero-order valence-corrected chi connectivity index (χ0v) is 11.8. The number of pyridine rings is 1. The lowest BCUT2D eigenvalue weighted by molar-refractivity contribution is -0.122. The van der Waals surface area contributed by atoms with E-state index in [1.807, 2.05) is 18.4 Å². The van der Waals surface area contributed by atoms with Crippen molar-refractivity contribution in [3.05, 3.63) is 29.6 Å². The summed E-state index contributed by atoms with van der Waals surface area (Å²) in [7, 11) is 0. The van der Waals surface area contributed by atoms with E-state index in [0.717, 1.165) is 23.4 Å². The molecule has 0 aliphatic rings. The number of nitrogens with one attached hydrogen (secondary N) is 1. The minimum atomic E-state index is -0.425. The molecular formula is C13H21N3OS. The molecule has 1 rings (SSSR count). The van der Waals surface area contributed by atoms with E-state index in [1.165, 1.54) is 0 Å². The van der Waals surface area contributed by atoms with Crippen LogP contribution in [0.1, 0.15) is 24.6 Å². The largest absolute Gasteiger partial charge is 0.349 e. The summed E-state index contributed by atoms with van der Waals surface area (Å²) in [5.74, 6) is 0.801. The van der Waals surface area contributed by atoms with Crippen LogP contribution in [-0.4, -0.2) is 28.9 Å². The molecule has 0 radical (unpaired) electrons. The smallest absolute Gasteiger partial charge is 0.237 e. The van der Waals surface area contributed by atoms with Gasteiger partial charge in [0.15, 0.2) is 0 Å². The molecule has 0 aliphatic carbocycles. The Morgan fingerprint density at radius 3 is 3.06 bits per heavy atom. The van der Waals surface area contributed by atoms with Gasteiger partial charge < -0.3 is 11.1 Å². The molecular weight excluding hydrogens is 246 g/mol. The lowest BCUT2D eigenvalue weighted by Gasteiger charge is -2.12. The van der Waals surface area contributed by atoms with E-state index in [2.05, 4.69) is 17.2 Å². The SMILES string of the molecule is CCc1cccnc1CNC(=O)[C@H](N)CCSC. The summed E-state index contributed by atoms with van der Waals surface area (Å²) in [6, 6.07) is 3.52. The molecule has 1 heterocycles. The number of nitrogens with zero attached hydrogens (tertiary/aromatic N) is 1. The highest BCUT2D eigenvalue weighted by Gasteiger charge is 2.13. The summed E-state index contributed by atoms with van der Waals surface area (Å²) < 4.78 is 0. The molecule has 0 spiro atoms. The van der Waals surface area contributed by atoms with E-state index in [-0.39, 0.29) is 5.91 Å². The average Bonchev–Trinajstić information content (AvgIpc) is 2.42. The second kappa shape index (κ2) is 8.11. The number of carbonyl (C=O) groups excluding carboxylic acids is 1. The van der Waals surface area contributed by atoms with Crippen molar-refractivity contribution in [1.82, 2.24) is 10.3 Å². The van der Waals surface area contributed by atoms with E-state index >= 15 is 0 Å². The highest BCUT2D eigenvalue weighted by atomic mass is 32.2. The molecule has 0 saturated carbocycles. The Morgan fingerprint density at radius 2 is 2.39 bits per heavy atom. The molecule has 3 N–H and O–H groups in total. The fourth-order valence-corrected chi connectivity index (χ4v) is 2.12. The monoisotopic (exact) mass is 267 g/mol. The molecule has 100 valence electrons. The molecule has 0 aromatic carbocycles. The third-order valence-electron chi connectivity index (χ3n) is 2.77. The molecule has 1 aromatic rings. The fourth-order valence-electron chi connectivity index (χ4n) is 1.63. The molecule has 4 nitrogen and oxygen atoms in total. The van der Waals surface area contributed by atoms with Gasteiger partial charge in [-0.2, -0.15) is 11.8 Å². The first-order valence-corrected chi connectivity index (χ1v) is 7.53. The highest BCUT2D eigenvalue weighted by molar-refractivity contribution is 7.98. The van der Waals surface area contributed by atoms with Gasteiger partial charge in [0.2, 0.25) is 5.91 Å². The van der Waals surface area contributed by atoms with Crippen LogP contribution in [0.4, 0.5) is 0 Å². The van der Waals surface area contributed by atoms with Crippen LogP contribution in [-0.2, 0) is 17.8 Å². The Balaban J connectivity index is 2.46. The summed E-state index contributed by atoms with van der Waals surface area (Å²) in [5, 5.41) is 2.85. The summed E-state index contributed by atoms with van der Waals surface area (Å²) in [6.07, 6.45) is 5.37. The fraction of sp³-hybridized carbons (Fsp3) is 0.538. The van der Waals surface area contributed by atoms with Crippen molar-refractivity contribution in [1.29, 1.82) is 0 Å². The molecule has 5 heteroatoms. The predicted molar refractivity (Wildman–Crippen MR) is 76.4 cm³/mol. The van der Waals surface area contributed by atoms with E-state index in [0.29, 0.717) is 13.0 Å². The Morgan fingerprint density at radius 1 is 1.61 bits per heavy atom. The van der Waals surface area contributed by atoms with Gasteiger partial charge in [-0.3, -0.25) is 9.78 Å². The lowest BCUT2D eigenvalue weighted by Crippen LogP contribution is -2.40. The predicted octanol–water partition coefficient (Wildman–Crippen LogP) is 1.34. The van der Waals surface area contributed by atoms with E-state index < -0.39 is 6.04 Å². The Bertz CT molecular complexity index is 384. The first kappa shape index (κ1) is 15.0. The van der Waals surface area contributed by atoms with Gasteiger partial charge >= 0.3 is 0 Å². The van der Waals surface area contributed by atoms with Crippen LogP contribution >= 0.6 is 11.8 Å². The summed E-state index contributed by atoms with van der Waals surface area (Å²) in [4.78, 5) is 16.0. The highest BCUT2D eigenvalue weighted by Crippen LogP contribution is 2.06. The molecule has 1 amide bonds. The lowest BCUT2D eigenvalue weighted by atomic mass is 10.1. The molecule has 0 saturated heterocycles. The third-order valence-corrected chi connectivity index (χ3v) is 3.41. The van der Waals surface area contributed by atoms with Crippen LogP contribution in [0.2, 0.25) is 0 Å². The summed E-state index contributed by atoms with van der Waals surface area (Å²) in [6.45, 7) is 2.53. The van der Waals surface area contributed by atoms with Gasteiger partial charge in [-0.25, -0.2) is 0 Å². The van der Waals surface area contributed by atoms with E-state index in [4.69, 9.17) is 5.73 Å². The molecule has 1 atom stereocenters. The number of carbonyl (C=O) groups is 1. The van der Waals surface area contributed by atoms with E-state index in [1.54, 1.807) is 18.0 Å². The second-order valence-corrected chi connectivity index (χ2v) is 5.05. The van der Waals surface area contributed by atoms with Gasteiger partial charge in [-0.15, -0.1) is 0 Å². The maximum absolute atomic E-state index is 11.7. The van der Waals surface area contributed by atoms with Crippen LogP contribution in [0.5, 0.6) is 0 Å². The zero-order valence-electron chi connectivity index (χ0n) is 11.0. The molecule has 18 heavy (non-hydrogen) atoms. The maximum Gasteiger partial charge on any atom is 0.237 e. The zero-order chi connectivity index (χ0) is 13.4. The normalized spacial score (nSPS) is 12.2. The summed E-state index contributed by atoms with van der Waals surface area (Å²) in [5.41, 5.74) is 7.88. The number of hydrogen-bond acceptors (Lipinski definition) is 4. The Kier molecular flexibility index (Phi) is 6.75. The van der Waals surface area contributed by atoms with Crippen LogP contribution in [0.15, 0.2) is 18.3 Å². The quantitative estimate of drug-likeness (QED) is 0.782. The summed E-state index contributed by atoms with van der Waals surface area (Å²) >= 11 is 1.70. The Labute approximate surface area is 113 Å². The number of nitrogens with two attached hydrogens (primary N) is 1. The first-order valence-electron chi connectivity index (χ1n) is 6.14. The van der Waals surface area contributed by atoms with Gasteiger partial charge in [-0.1, -0.05) is 13.0 Å². The Hall–Kier alpha value is -1.07. The van der Waals surface area contributed by atoms with Crippen molar-refractivity contribution < 1.29 is 4.79 Å².